The molecule has 0 unspecified atom stereocenters. The number of pyridine rings is 1. The topological polar surface area (TPSA) is 150 Å². The zero-order valence-electron chi connectivity index (χ0n) is 14.7. The molecule has 0 atom stereocenters. The lowest BCUT2D eigenvalue weighted by atomic mass is 10.1. The van der Waals surface area contributed by atoms with Gasteiger partial charge in [-0.3, -0.25) is 4.99 Å². The number of rotatable bonds is 5. The molecule has 0 amide bonds. The van der Waals surface area contributed by atoms with Crippen LogP contribution in [0.1, 0.15) is 11.1 Å². The molecule has 0 aliphatic carbocycles. The Bertz CT molecular complexity index is 1170. The van der Waals surface area contributed by atoms with Gasteiger partial charge in [-0.2, -0.15) is 10.3 Å². The molecule has 3 aromatic heterocycles. The standard InChI is InChI=1S/C17H18N10/c1-27-14-3-2-10(5-13(14)22-26-27)8-20-9-11(7-18)4-12-6-15(19)21-17-16(12)23-25-24-17/h2-3,5-7,9H,4,8,18H2,1H3,(H3,19,21,23,24,25). The maximum atomic E-state index is 5.83. The molecule has 0 spiro atoms. The zero-order valence-corrected chi connectivity index (χ0v) is 14.7. The van der Waals surface area contributed by atoms with Gasteiger partial charge in [0.1, 0.15) is 16.9 Å². The number of H-pyrrole nitrogens is 1. The van der Waals surface area contributed by atoms with Crippen molar-refractivity contribution in [1.29, 1.82) is 0 Å². The number of aromatic amines is 1. The van der Waals surface area contributed by atoms with E-state index in [4.69, 9.17) is 11.5 Å². The van der Waals surface area contributed by atoms with Crippen molar-refractivity contribution in [3.8, 4) is 0 Å². The molecule has 27 heavy (non-hydrogen) atoms. The molecule has 0 fully saturated rings. The Kier molecular flexibility index (Phi) is 4.21. The van der Waals surface area contributed by atoms with Crippen molar-refractivity contribution in [3.63, 3.8) is 0 Å². The lowest BCUT2D eigenvalue weighted by Crippen LogP contribution is -2.00. The van der Waals surface area contributed by atoms with Gasteiger partial charge in [-0.1, -0.05) is 11.3 Å². The van der Waals surface area contributed by atoms with Gasteiger partial charge in [-0.05, 0) is 41.1 Å². The van der Waals surface area contributed by atoms with Crippen LogP contribution in [-0.2, 0) is 20.0 Å². The fraction of sp³-hybridized carbons (Fsp3) is 0.176. The second kappa shape index (κ2) is 6.83. The predicted molar refractivity (Wildman–Crippen MR) is 103 cm³/mol. The van der Waals surface area contributed by atoms with E-state index in [1.54, 1.807) is 17.0 Å². The predicted octanol–water partition coefficient (Wildman–Crippen LogP) is 0.873. The van der Waals surface area contributed by atoms with Crippen LogP contribution in [0.5, 0.6) is 0 Å². The molecule has 136 valence electrons. The lowest BCUT2D eigenvalue weighted by molar-refractivity contribution is 0.736. The van der Waals surface area contributed by atoms with Gasteiger partial charge in [0.15, 0.2) is 0 Å². The summed E-state index contributed by atoms with van der Waals surface area (Å²) >= 11 is 0. The van der Waals surface area contributed by atoms with E-state index in [0.717, 1.165) is 27.7 Å². The molecule has 0 aliphatic rings. The van der Waals surface area contributed by atoms with Crippen LogP contribution in [-0.4, -0.2) is 41.6 Å². The number of nitrogens with one attached hydrogen (secondary N) is 1. The highest BCUT2D eigenvalue weighted by atomic mass is 15.4. The third-order valence-corrected chi connectivity index (χ3v) is 4.21. The van der Waals surface area contributed by atoms with Gasteiger partial charge in [-0.15, -0.1) is 10.2 Å². The third kappa shape index (κ3) is 3.32. The lowest BCUT2D eigenvalue weighted by Gasteiger charge is -2.04. The Balaban J connectivity index is 1.50. The zero-order chi connectivity index (χ0) is 18.8. The number of nitrogens with zero attached hydrogens (tertiary/aromatic N) is 7. The second-order valence-electron chi connectivity index (χ2n) is 6.13. The fourth-order valence-corrected chi connectivity index (χ4v) is 2.88. The molecular weight excluding hydrogens is 344 g/mol. The van der Waals surface area contributed by atoms with E-state index in [1.165, 1.54) is 6.20 Å². The molecule has 0 aliphatic heterocycles. The maximum absolute atomic E-state index is 5.83. The average Bonchev–Trinajstić information content (AvgIpc) is 3.27. The van der Waals surface area contributed by atoms with Crippen LogP contribution < -0.4 is 11.5 Å². The minimum Gasteiger partial charge on any atom is -0.404 e. The smallest absolute Gasteiger partial charge is 0.203 e. The van der Waals surface area contributed by atoms with Crippen molar-refractivity contribution in [3.05, 3.63) is 47.2 Å². The fourth-order valence-electron chi connectivity index (χ4n) is 2.88. The number of allylic oxidation sites excluding steroid dienone is 1. The second-order valence-corrected chi connectivity index (χ2v) is 6.13. The first-order chi connectivity index (χ1) is 13.1. The van der Waals surface area contributed by atoms with E-state index in [2.05, 4.69) is 35.7 Å². The quantitative estimate of drug-likeness (QED) is 0.446. The SMILES string of the molecule is Cn1nnc2cc(CN=CC(=CN)Cc3cc(N)nc4n[nH]nc34)ccc21. The minimum absolute atomic E-state index is 0.386. The monoisotopic (exact) mass is 362 g/mol. The van der Waals surface area contributed by atoms with E-state index in [9.17, 15) is 0 Å². The molecular formula is C17H18N10. The van der Waals surface area contributed by atoms with Gasteiger partial charge in [0.25, 0.3) is 0 Å². The Morgan fingerprint density at radius 3 is 3.04 bits per heavy atom. The number of fused-ring (bicyclic) bond motifs is 2. The summed E-state index contributed by atoms with van der Waals surface area (Å²) in [7, 11) is 1.86. The van der Waals surface area contributed by atoms with E-state index in [1.807, 2.05) is 25.2 Å². The summed E-state index contributed by atoms with van der Waals surface area (Å²) < 4.78 is 1.74. The molecule has 0 saturated heterocycles. The molecule has 0 saturated carbocycles. The van der Waals surface area contributed by atoms with Gasteiger partial charge < -0.3 is 11.5 Å². The highest BCUT2D eigenvalue weighted by molar-refractivity contribution is 5.82. The van der Waals surface area contributed by atoms with Crippen LogP contribution in [0.25, 0.3) is 22.2 Å². The van der Waals surface area contributed by atoms with Crippen LogP contribution in [0, 0.1) is 0 Å². The summed E-state index contributed by atoms with van der Waals surface area (Å²) in [5.74, 6) is 0.386. The molecule has 4 aromatic rings. The minimum atomic E-state index is 0.386. The van der Waals surface area contributed by atoms with Gasteiger partial charge in [0.2, 0.25) is 5.65 Å². The number of nitrogens with two attached hydrogens (primary N) is 2. The van der Waals surface area contributed by atoms with Crippen LogP contribution >= 0.6 is 0 Å². The summed E-state index contributed by atoms with van der Waals surface area (Å²) in [5, 5.41) is 18.8. The van der Waals surface area contributed by atoms with Crippen molar-refractivity contribution < 1.29 is 0 Å². The summed E-state index contributed by atoms with van der Waals surface area (Å²) in [6.45, 7) is 0.516. The first-order valence-electron chi connectivity index (χ1n) is 8.29. The largest absolute Gasteiger partial charge is 0.404 e. The number of hydrogen-bond donors (Lipinski definition) is 3. The molecule has 0 bridgehead atoms. The first kappa shape index (κ1) is 16.6. The Hall–Kier alpha value is -3.82. The van der Waals surface area contributed by atoms with Crippen molar-refractivity contribution in [2.45, 2.75) is 13.0 Å². The molecule has 10 heteroatoms. The number of benzene rings is 1. The van der Waals surface area contributed by atoms with Crippen LogP contribution in [0.3, 0.4) is 0 Å². The van der Waals surface area contributed by atoms with Gasteiger partial charge >= 0.3 is 0 Å². The number of anilines is 1. The van der Waals surface area contributed by atoms with Crippen LogP contribution in [0.15, 0.2) is 41.0 Å². The molecule has 3 heterocycles. The van der Waals surface area contributed by atoms with Crippen LogP contribution in [0.2, 0.25) is 0 Å². The summed E-state index contributed by atoms with van der Waals surface area (Å²) in [6.07, 6.45) is 3.81. The van der Waals surface area contributed by atoms with Crippen LogP contribution in [0.4, 0.5) is 5.82 Å². The highest BCUT2D eigenvalue weighted by Gasteiger charge is 2.09. The molecule has 1 aromatic carbocycles. The average molecular weight is 362 g/mol. The number of hydrogen-bond acceptors (Lipinski definition) is 8. The molecule has 5 N–H and O–H groups in total. The van der Waals surface area contributed by atoms with E-state index >= 15 is 0 Å². The molecule has 10 nitrogen and oxygen atoms in total. The highest BCUT2D eigenvalue weighted by Crippen LogP contribution is 2.18. The van der Waals surface area contributed by atoms with Gasteiger partial charge in [0, 0.05) is 19.7 Å². The van der Waals surface area contributed by atoms with E-state index in [0.29, 0.717) is 29.9 Å². The van der Waals surface area contributed by atoms with E-state index in [-0.39, 0.29) is 0 Å². The first-order valence-corrected chi connectivity index (χ1v) is 8.29. The Morgan fingerprint density at radius 2 is 2.19 bits per heavy atom. The third-order valence-electron chi connectivity index (χ3n) is 4.21. The van der Waals surface area contributed by atoms with Crippen molar-refractivity contribution in [2.75, 3.05) is 5.73 Å². The van der Waals surface area contributed by atoms with Gasteiger partial charge in [-0.25, -0.2) is 9.67 Å². The Labute approximate surface area is 154 Å². The summed E-state index contributed by atoms with van der Waals surface area (Å²) in [6, 6.07) is 7.75. The van der Waals surface area contributed by atoms with Crippen molar-refractivity contribution in [1.82, 2.24) is 35.4 Å². The van der Waals surface area contributed by atoms with Crippen molar-refractivity contribution >= 4 is 34.2 Å². The molecule has 0 radical (unpaired) electrons. The molecule has 4 rings (SSSR count). The summed E-state index contributed by atoms with van der Waals surface area (Å²) in [5.41, 5.74) is 17.4. The number of aromatic nitrogens is 7. The number of aliphatic imine (C=N–C) groups is 1. The maximum Gasteiger partial charge on any atom is 0.203 e. The van der Waals surface area contributed by atoms with E-state index < -0.39 is 0 Å². The normalized spacial score (nSPS) is 12.6. The Morgan fingerprint density at radius 1 is 1.30 bits per heavy atom. The number of aryl methyl sites for hydroxylation is 1. The van der Waals surface area contributed by atoms with Crippen molar-refractivity contribution in [2.24, 2.45) is 17.8 Å². The summed E-state index contributed by atoms with van der Waals surface area (Å²) in [4.78, 5) is 8.63. The number of nitrogen functional groups attached to an aromatic ring is 1. The van der Waals surface area contributed by atoms with Gasteiger partial charge in [0.05, 0.1) is 12.1 Å².